The molecule has 0 bridgehead atoms. The molecule has 2 heteroatoms. The van der Waals surface area contributed by atoms with Gasteiger partial charge in [-0.1, -0.05) is 6.07 Å². The first-order valence-electron chi connectivity index (χ1n) is 4.42. The van der Waals surface area contributed by atoms with E-state index in [1.807, 2.05) is 18.3 Å². The number of hydrogen-bond acceptors (Lipinski definition) is 2. The van der Waals surface area contributed by atoms with Crippen molar-refractivity contribution in [2.75, 3.05) is 0 Å². The normalized spacial score (nSPS) is 13.5. The van der Waals surface area contributed by atoms with E-state index in [2.05, 4.69) is 31.2 Å². The van der Waals surface area contributed by atoms with E-state index in [-0.39, 0.29) is 6.04 Å². The Labute approximate surface area is 82.2 Å². The van der Waals surface area contributed by atoms with Crippen LogP contribution in [0.15, 0.2) is 24.3 Å². The second-order valence-corrected chi connectivity index (χ2v) is 4.73. The highest BCUT2D eigenvalue weighted by Crippen LogP contribution is 2.27. The highest BCUT2D eigenvalue weighted by atomic mass is 32.1. The van der Waals surface area contributed by atoms with Gasteiger partial charge < -0.3 is 5.73 Å². The molecule has 0 amide bonds. The molecular weight excluding hydrogens is 178 g/mol. The van der Waals surface area contributed by atoms with Gasteiger partial charge in [0.15, 0.2) is 0 Å². The molecule has 0 fully saturated rings. The summed E-state index contributed by atoms with van der Waals surface area (Å²) in [7, 11) is 0. The van der Waals surface area contributed by atoms with Crippen LogP contribution in [-0.2, 0) is 0 Å². The lowest BCUT2D eigenvalue weighted by Crippen LogP contribution is -2.03. The summed E-state index contributed by atoms with van der Waals surface area (Å²) >= 11 is 1.83. The fourth-order valence-corrected chi connectivity index (χ4v) is 2.38. The van der Waals surface area contributed by atoms with Gasteiger partial charge in [-0.05, 0) is 43.0 Å². The van der Waals surface area contributed by atoms with E-state index in [4.69, 9.17) is 5.73 Å². The van der Waals surface area contributed by atoms with Crippen molar-refractivity contribution in [2.24, 2.45) is 5.73 Å². The van der Waals surface area contributed by atoms with Gasteiger partial charge in [0.2, 0.25) is 0 Å². The van der Waals surface area contributed by atoms with E-state index >= 15 is 0 Å². The van der Waals surface area contributed by atoms with Gasteiger partial charge in [-0.3, -0.25) is 0 Å². The molecule has 13 heavy (non-hydrogen) atoms. The lowest BCUT2D eigenvalue weighted by atomic mass is 10.1. The monoisotopic (exact) mass is 191 g/mol. The van der Waals surface area contributed by atoms with Crippen LogP contribution in [0.2, 0.25) is 0 Å². The first kappa shape index (κ1) is 8.73. The summed E-state index contributed by atoms with van der Waals surface area (Å²) in [5.41, 5.74) is 7.03. The molecule has 2 rings (SSSR count). The van der Waals surface area contributed by atoms with Gasteiger partial charge in [-0.2, -0.15) is 0 Å². The van der Waals surface area contributed by atoms with Gasteiger partial charge in [0.25, 0.3) is 0 Å². The molecule has 0 spiro atoms. The molecule has 1 nitrogen and oxygen atoms in total. The summed E-state index contributed by atoms with van der Waals surface area (Å²) in [4.78, 5) is 1.36. The van der Waals surface area contributed by atoms with E-state index in [9.17, 15) is 0 Å². The maximum atomic E-state index is 5.81. The molecule has 0 aliphatic carbocycles. The number of aryl methyl sites for hydroxylation is 1. The lowest BCUT2D eigenvalue weighted by molar-refractivity contribution is 0.820. The molecule has 0 saturated heterocycles. The summed E-state index contributed by atoms with van der Waals surface area (Å²) in [6.07, 6.45) is 0. The van der Waals surface area contributed by atoms with Crippen LogP contribution in [0.3, 0.4) is 0 Å². The number of thiophene rings is 1. The average Bonchev–Trinajstić information content (AvgIpc) is 2.42. The van der Waals surface area contributed by atoms with Gasteiger partial charge >= 0.3 is 0 Å². The van der Waals surface area contributed by atoms with Crippen LogP contribution in [0.1, 0.15) is 23.4 Å². The minimum Gasteiger partial charge on any atom is -0.324 e. The minimum absolute atomic E-state index is 0.129. The van der Waals surface area contributed by atoms with Crippen LogP contribution < -0.4 is 5.73 Å². The summed E-state index contributed by atoms with van der Waals surface area (Å²) in [6.45, 7) is 4.15. The molecule has 2 aromatic rings. The third-order valence-corrected chi connectivity index (χ3v) is 3.22. The highest BCUT2D eigenvalue weighted by molar-refractivity contribution is 7.19. The number of fused-ring (bicyclic) bond motifs is 1. The summed E-state index contributed by atoms with van der Waals surface area (Å²) in [5, 5.41) is 1.32. The third-order valence-electron chi connectivity index (χ3n) is 2.19. The van der Waals surface area contributed by atoms with Crippen molar-refractivity contribution in [3.05, 3.63) is 34.7 Å². The molecule has 1 atom stereocenters. The zero-order valence-electron chi connectivity index (χ0n) is 7.87. The van der Waals surface area contributed by atoms with E-state index in [1.165, 1.54) is 20.5 Å². The molecule has 1 unspecified atom stereocenters. The molecular formula is C11H13NS. The fraction of sp³-hybridized carbons (Fsp3) is 0.273. The van der Waals surface area contributed by atoms with Crippen molar-refractivity contribution in [1.82, 2.24) is 0 Å². The number of benzene rings is 1. The highest BCUT2D eigenvalue weighted by Gasteiger charge is 2.02. The first-order valence-corrected chi connectivity index (χ1v) is 5.24. The summed E-state index contributed by atoms with van der Waals surface area (Å²) < 4.78 is 1.35. The van der Waals surface area contributed by atoms with Gasteiger partial charge in [0.05, 0.1) is 0 Å². The van der Waals surface area contributed by atoms with Crippen molar-refractivity contribution in [3.8, 4) is 0 Å². The van der Waals surface area contributed by atoms with E-state index in [0.29, 0.717) is 0 Å². The SMILES string of the molecule is Cc1cc2cc(C(C)N)ccc2s1. The molecule has 1 heterocycles. The zero-order chi connectivity index (χ0) is 9.42. The summed E-state index contributed by atoms with van der Waals surface area (Å²) in [5.74, 6) is 0. The van der Waals surface area contributed by atoms with Crippen molar-refractivity contribution in [1.29, 1.82) is 0 Å². The minimum atomic E-state index is 0.129. The Hall–Kier alpha value is -0.860. The average molecular weight is 191 g/mol. The topological polar surface area (TPSA) is 26.0 Å². The lowest BCUT2D eigenvalue weighted by Gasteiger charge is -2.04. The zero-order valence-corrected chi connectivity index (χ0v) is 8.69. The number of rotatable bonds is 1. The molecule has 0 aliphatic rings. The second kappa shape index (κ2) is 3.13. The Bertz CT molecular complexity index is 429. The summed E-state index contributed by atoms with van der Waals surface area (Å²) in [6, 6.07) is 8.80. The maximum absolute atomic E-state index is 5.81. The van der Waals surface area contributed by atoms with Crippen molar-refractivity contribution >= 4 is 21.4 Å². The molecule has 1 aromatic carbocycles. The van der Waals surface area contributed by atoms with Gasteiger partial charge in [-0.15, -0.1) is 11.3 Å². The van der Waals surface area contributed by atoms with E-state index in [1.54, 1.807) is 0 Å². The van der Waals surface area contributed by atoms with Crippen LogP contribution in [0.4, 0.5) is 0 Å². The molecule has 2 N–H and O–H groups in total. The van der Waals surface area contributed by atoms with Crippen LogP contribution >= 0.6 is 11.3 Å². The smallest absolute Gasteiger partial charge is 0.0345 e. The van der Waals surface area contributed by atoms with Gasteiger partial charge in [-0.25, -0.2) is 0 Å². The molecule has 1 aromatic heterocycles. The van der Waals surface area contributed by atoms with Crippen LogP contribution in [0.25, 0.3) is 10.1 Å². The molecule has 0 radical (unpaired) electrons. The standard InChI is InChI=1S/C11H13NS/c1-7-5-10-6-9(8(2)12)3-4-11(10)13-7/h3-6,8H,12H2,1-2H3. The van der Waals surface area contributed by atoms with Gasteiger partial charge in [0, 0.05) is 15.6 Å². The van der Waals surface area contributed by atoms with E-state index < -0.39 is 0 Å². The predicted octanol–water partition coefficient (Wildman–Crippen LogP) is 3.23. The Morgan fingerprint density at radius 1 is 1.31 bits per heavy atom. The fourth-order valence-electron chi connectivity index (χ4n) is 1.48. The molecule has 0 saturated carbocycles. The quantitative estimate of drug-likeness (QED) is 0.735. The van der Waals surface area contributed by atoms with Crippen LogP contribution in [-0.4, -0.2) is 0 Å². The molecule has 68 valence electrons. The van der Waals surface area contributed by atoms with Crippen LogP contribution in [0.5, 0.6) is 0 Å². The third kappa shape index (κ3) is 1.60. The first-order chi connectivity index (χ1) is 6.16. The Balaban J connectivity index is 2.61. The number of hydrogen-bond donors (Lipinski definition) is 1. The Morgan fingerprint density at radius 3 is 2.77 bits per heavy atom. The van der Waals surface area contributed by atoms with Crippen molar-refractivity contribution < 1.29 is 0 Å². The van der Waals surface area contributed by atoms with Gasteiger partial charge in [0.1, 0.15) is 0 Å². The second-order valence-electron chi connectivity index (χ2n) is 3.44. The molecule has 0 aliphatic heterocycles. The largest absolute Gasteiger partial charge is 0.324 e. The van der Waals surface area contributed by atoms with Crippen molar-refractivity contribution in [3.63, 3.8) is 0 Å². The number of nitrogens with two attached hydrogens (primary N) is 1. The van der Waals surface area contributed by atoms with E-state index in [0.717, 1.165) is 0 Å². The Morgan fingerprint density at radius 2 is 2.08 bits per heavy atom. The van der Waals surface area contributed by atoms with Crippen LogP contribution in [0, 0.1) is 6.92 Å². The predicted molar refractivity (Wildman–Crippen MR) is 59.2 cm³/mol. The Kier molecular flexibility index (Phi) is 2.10. The maximum Gasteiger partial charge on any atom is 0.0345 e. The van der Waals surface area contributed by atoms with Crippen molar-refractivity contribution in [2.45, 2.75) is 19.9 Å².